The summed E-state index contributed by atoms with van der Waals surface area (Å²) in [6.45, 7) is 3.98. The van der Waals surface area contributed by atoms with E-state index in [-0.39, 0.29) is 12.7 Å². The van der Waals surface area contributed by atoms with Crippen molar-refractivity contribution in [2.75, 3.05) is 13.9 Å². The molecule has 0 spiro atoms. The minimum atomic E-state index is -1.03. The van der Waals surface area contributed by atoms with E-state index in [0.717, 1.165) is 9.13 Å². The highest BCUT2D eigenvalue weighted by molar-refractivity contribution is 14.1. The molecule has 132 valence electrons. The molecule has 1 unspecified atom stereocenters. The molecule has 0 saturated carbocycles. The van der Waals surface area contributed by atoms with Crippen LogP contribution in [0, 0.1) is 3.57 Å². The number of ether oxygens (including phenoxy) is 2. The summed E-state index contributed by atoms with van der Waals surface area (Å²) in [5.74, 6) is 0.385. The van der Waals surface area contributed by atoms with Gasteiger partial charge in [0.05, 0.1) is 11.1 Å². The van der Waals surface area contributed by atoms with Crippen molar-refractivity contribution >= 4 is 28.5 Å². The molecule has 0 aromatic heterocycles. The number of hydrogen-bond donors (Lipinski definition) is 1. The predicted molar refractivity (Wildman–Crippen MR) is 102 cm³/mol. The normalized spacial score (nSPS) is 16.9. The van der Waals surface area contributed by atoms with Crippen LogP contribution in [0.5, 0.6) is 5.75 Å². The average molecular weight is 453 g/mol. The molecular formula is C19H20INO4. The van der Waals surface area contributed by atoms with Crippen LogP contribution in [0.1, 0.15) is 41.6 Å². The Kier molecular flexibility index (Phi) is 5.04. The van der Waals surface area contributed by atoms with Gasteiger partial charge in [-0.1, -0.05) is 30.3 Å². The minimum absolute atomic E-state index is 0.109. The van der Waals surface area contributed by atoms with Gasteiger partial charge < -0.3 is 14.6 Å². The van der Waals surface area contributed by atoms with Gasteiger partial charge in [0.25, 0.3) is 5.91 Å². The van der Waals surface area contributed by atoms with E-state index in [1.54, 1.807) is 19.2 Å². The zero-order valence-electron chi connectivity index (χ0n) is 14.3. The number of aliphatic hydroxyl groups excluding tert-OH is 1. The van der Waals surface area contributed by atoms with Crippen molar-refractivity contribution in [3.8, 4) is 5.75 Å². The van der Waals surface area contributed by atoms with Gasteiger partial charge in [-0.25, -0.2) is 0 Å². The number of fused-ring (bicyclic) bond motifs is 1. The van der Waals surface area contributed by atoms with Crippen LogP contribution in [-0.4, -0.2) is 29.8 Å². The summed E-state index contributed by atoms with van der Waals surface area (Å²) < 4.78 is 11.2. The summed E-state index contributed by atoms with van der Waals surface area (Å²) >= 11 is 2.10. The number of carbonyl (C=O) groups is 1. The lowest BCUT2D eigenvalue weighted by Crippen LogP contribution is -2.44. The number of benzene rings is 2. The second-order valence-electron chi connectivity index (χ2n) is 6.39. The topological polar surface area (TPSA) is 59.0 Å². The van der Waals surface area contributed by atoms with Gasteiger partial charge in [-0.15, -0.1) is 0 Å². The molecule has 25 heavy (non-hydrogen) atoms. The smallest absolute Gasteiger partial charge is 0.258 e. The molecule has 0 bridgehead atoms. The van der Waals surface area contributed by atoms with Gasteiger partial charge in [-0.2, -0.15) is 0 Å². The maximum atomic E-state index is 13.1. The average Bonchev–Trinajstić information content (AvgIpc) is 2.85. The van der Waals surface area contributed by atoms with Gasteiger partial charge in [0.15, 0.2) is 13.0 Å². The molecule has 5 nitrogen and oxygen atoms in total. The van der Waals surface area contributed by atoms with Crippen LogP contribution in [0.3, 0.4) is 0 Å². The molecule has 0 radical (unpaired) electrons. The summed E-state index contributed by atoms with van der Waals surface area (Å²) in [6.07, 6.45) is -1.03. The first-order chi connectivity index (χ1) is 11.9. The number of methoxy groups -OCH3 is 1. The van der Waals surface area contributed by atoms with Crippen molar-refractivity contribution in [3.63, 3.8) is 0 Å². The lowest BCUT2D eigenvalue weighted by Gasteiger charge is -2.38. The van der Waals surface area contributed by atoms with Gasteiger partial charge in [0, 0.05) is 16.2 Å². The Labute approximate surface area is 160 Å². The fraction of sp³-hybridized carbons (Fsp3) is 0.316. The van der Waals surface area contributed by atoms with E-state index in [1.807, 2.05) is 44.2 Å². The fourth-order valence-corrected chi connectivity index (χ4v) is 4.01. The molecule has 1 amide bonds. The Morgan fingerprint density at radius 1 is 1.24 bits per heavy atom. The number of carbonyl (C=O) groups excluding carboxylic acids is 1. The summed E-state index contributed by atoms with van der Waals surface area (Å²) in [6, 6.07) is 13.2. The molecule has 2 aromatic rings. The van der Waals surface area contributed by atoms with Crippen LogP contribution in [0.25, 0.3) is 0 Å². The minimum Gasteiger partial charge on any atom is -0.468 e. The molecule has 1 atom stereocenters. The quantitative estimate of drug-likeness (QED) is 0.555. The number of aliphatic hydroxyl groups is 1. The van der Waals surface area contributed by atoms with E-state index >= 15 is 0 Å². The Morgan fingerprint density at radius 2 is 1.92 bits per heavy atom. The maximum absolute atomic E-state index is 13.1. The molecule has 6 heteroatoms. The van der Waals surface area contributed by atoms with Crippen molar-refractivity contribution in [1.29, 1.82) is 0 Å². The van der Waals surface area contributed by atoms with Crippen molar-refractivity contribution in [1.82, 2.24) is 4.90 Å². The van der Waals surface area contributed by atoms with Crippen molar-refractivity contribution in [2.24, 2.45) is 0 Å². The van der Waals surface area contributed by atoms with Crippen LogP contribution < -0.4 is 4.74 Å². The largest absolute Gasteiger partial charge is 0.468 e. The highest BCUT2D eigenvalue weighted by Gasteiger charge is 2.45. The monoisotopic (exact) mass is 453 g/mol. The number of amides is 1. The van der Waals surface area contributed by atoms with E-state index in [1.165, 1.54) is 4.90 Å². The summed E-state index contributed by atoms with van der Waals surface area (Å²) in [7, 11) is 1.54. The van der Waals surface area contributed by atoms with Crippen molar-refractivity contribution in [2.45, 2.75) is 25.6 Å². The standard InChI is InChI=1S/C19H20INO4/c1-19(2,12-7-5-4-6-8-12)21-17(22)14-9-13(25-11-24-3)10-15(20)16(14)18(21)23/h4-10,17,22H,11H2,1-3H3. The van der Waals surface area contributed by atoms with Gasteiger partial charge in [0.1, 0.15) is 5.75 Å². The Balaban J connectivity index is 2.02. The van der Waals surface area contributed by atoms with Gasteiger partial charge in [-0.3, -0.25) is 9.69 Å². The molecule has 1 heterocycles. The molecule has 2 aromatic carbocycles. The predicted octanol–water partition coefficient (Wildman–Crippen LogP) is 3.66. The van der Waals surface area contributed by atoms with Crippen LogP contribution in [0.2, 0.25) is 0 Å². The number of nitrogens with zero attached hydrogens (tertiary/aromatic N) is 1. The number of halogens is 1. The van der Waals surface area contributed by atoms with Gasteiger partial charge >= 0.3 is 0 Å². The van der Waals surface area contributed by atoms with Crippen LogP contribution in [0.4, 0.5) is 0 Å². The van der Waals surface area contributed by atoms with Crippen molar-refractivity contribution < 1.29 is 19.4 Å². The molecule has 0 aliphatic carbocycles. The highest BCUT2D eigenvalue weighted by atomic mass is 127. The first-order valence-electron chi connectivity index (χ1n) is 7.90. The molecule has 1 aliphatic heterocycles. The van der Waals surface area contributed by atoms with E-state index in [2.05, 4.69) is 22.6 Å². The van der Waals surface area contributed by atoms with Crippen LogP contribution in [0.15, 0.2) is 42.5 Å². The Morgan fingerprint density at radius 3 is 2.56 bits per heavy atom. The zero-order valence-corrected chi connectivity index (χ0v) is 16.5. The number of hydrogen-bond acceptors (Lipinski definition) is 4. The van der Waals surface area contributed by atoms with Crippen LogP contribution >= 0.6 is 22.6 Å². The van der Waals surface area contributed by atoms with E-state index in [4.69, 9.17) is 9.47 Å². The lowest BCUT2D eigenvalue weighted by atomic mass is 9.92. The highest BCUT2D eigenvalue weighted by Crippen LogP contribution is 2.44. The molecular weight excluding hydrogens is 433 g/mol. The second kappa shape index (κ2) is 6.93. The molecule has 1 N–H and O–H groups in total. The Bertz CT molecular complexity index is 792. The molecule has 3 rings (SSSR count). The van der Waals surface area contributed by atoms with Crippen molar-refractivity contribution in [3.05, 3.63) is 62.7 Å². The summed E-state index contributed by atoms with van der Waals surface area (Å²) in [4.78, 5) is 14.6. The third-order valence-corrected chi connectivity index (χ3v) is 5.33. The molecule has 0 saturated heterocycles. The Hall–Kier alpha value is -1.64. The van der Waals surface area contributed by atoms with Gasteiger partial charge in [0.2, 0.25) is 0 Å². The van der Waals surface area contributed by atoms with Gasteiger partial charge in [-0.05, 0) is 54.1 Å². The SMILES string of the molecule is COCOc1cc(I)c2c(c1)C(O)N(C(C)(C)c1ccccc1)C2=O. The van der Waals surface area contributed by atoms with Crippen LogP contribution in [-0.2, 0) is 10.3 Å². The lowest BCUT2D eigenvalue weighted by molar-refractivity contribution is -0.0306. The molecule has 1 aliphatic rings. The fourth-order valence-electron chi connectivity index (χ4n) is 3.16. The summed E-state index contributed by atoms with van der Waals surface area (Å²) in [5, 5.41) is 10.9. The van der Waals surface area contributed by atoms with E-state index in [9.17, 15) is 9.90 Å². The maximum Gasteiger partial charge on any atom is 0.258 e. The third kappa shape index (κ3) is 3.14. The second-order valence-corrected chi connectivity index (χ2v) is 7.56. The third-order valence-electron chi connectivity index (χ3n) is 4.48. The van der Waals surface area contributed by atoms with E-state index in [0.29, 0.717) is 16.9 Å². The first kappa shape index (κ1) is 18.2. The summed E-state index contributed by atoms with van der Waals surface area (Å²) in [5.41, 5.74) is 1.39. The van der Waals surface area contributed by atoms with E-state index < -0.39 is 11.8 Å². The first-order valence-corrected chi connectivity index (χ1v) is 8.98. The number of rotatable bonds is 5. The zero-order chi connectivity index (χ0) is 18.2. The molecule has 0 fully saturated rings.